The SMILES string of the molecule is CCCCCCCCCC/C=C\CCCCCCCCCCCCCCCCCCCCCCCCCCCCCCCC(=O)NC(COC1OC(CO)C(O)C(O)C1O)C(O)CCCCCCCC. The summed E-state index contributed by atoms with van der Waals surface area (Å²) in [5.74, 6) is -0.143. The van der Waals surface area contributed by atoms with E-state index in [-0.39, 0.29) is 12.5 Å². The van der Waals surface area contributed by atoms with E-state index in [2.05, 4.69) is 31.3 Å². The molecule has 7 atom stereocenters. The Morgan fingerprint density at radius 1 is 0.471 bits per heavy atom. The quantitative estimate of drug-likeness (QED) is 0.0261. The predicted octanol–water partition coefficient (Wildman–Crippen LogP) is 15.6. The highest BCUT2D eigenvalue weighted by molar-refractivity contribution is 5.76. The molecule has 0 radical (unpaired) electrons. The van der Waals surface area contributed by atoms with Gasteiger partial charge in [0.15, 0.2) is 6.29 Å². The maximum atomic E-state index is 12.9. The molecule has 1 aliphatic heterocycles. The van der Waals surface area contributed by atoms with Gasteiger partial charge in [0.1, 0.15) is 24.4 Å². The molecule has 7 unspecified atom stereocenters. The Balaban J connectivity index is 1.90. The highest BCUT2D eigenvalue weighted by atomic mass is 16.7. The summed E-state index contributed by atoms with van der Waals surface area (Å²) in [5, 5.41) is 54.1. The second-order valence-corrected chi connectivity index (χ2v) is 21.9. The van der Waals surface area contributed by atoms with Crippen LogP contribution in [0.25, 0.3) is 0 Å². The molecular weight excluding hydrogens is 875 g/mol. The van der Waals surface area contributed by atoms with Gasteiger partial charge in [-0.1, -0.05) is 283 Å². The number of amides is 1. The number of rotatable bonds is 54. The van der Waals surface area contributed by atoms with Crippen LogP contribution in [0.1, 0.15) is 316 Å². The Kier molecular flexibility index (Phi) is 49.2. The standard InChI is InChI=1S/C61H119NO8/c1-3-5-7-9-11-12-13-14-15-16-17-18-19-20-21-22-23-24-25-26-27-28-29-30-31-32-33-34-35-36-37-38-39-40-41-42-43-44-45-47-49-51-57(65)62-54(55(64)50-48-46-10-8-6-4-2)53-69-61-60(68)59(67)58(66)56(52-63)70-61/h16-17,54-56,58-61,63-64,66-68H,3-15,18-53H2,1-2H3,(H,62,65)/b17-16-. The lowest BCUT2D eigenvalue weighted by Crippen LogP contribution is -2.60. The van der Waals surface area contributed by atoms with E-state index in [0.717, 1.165) is 38.5 Å². The first-order valence-electron chi connectivity index (χ1n) is 30.9. The summed E-state index contributed by atoms with van der Waals surface area (Å²) >= 11 is 0. The Morgan fingerprint density at radius 3 is 1.16 bits per heavy atom. The second kappa shape index (κ2) is 51.4. The summed E-state index contributed by atoms with van der Waals surface area (Å²) in [7, 11) is 0. The van der Waals surface area contributed by atoms with Crippen molar-refractivity contribution in [3.05, 3.63) is 12.2 Å². The molecule has 9 heteroatoms. The molecule has 6 N–H and O–H groups in total. The minimum absolute atomic E-state index is 0.134. The zero-order valence-corrected chi connectivity index (χ0v) is 46.3. The smallest absolute Gasteiger partial charge is 0.220 e. The van der Waals surface area contributed by atoms with Gasteiger partial charge < -0.3 is 40.3 Å². The van der Waals surface area contributed by atoms with E-state index in [0.29, 0.717) is 12.8 Å². The number of unbranched alkanes of at least 4 members (excludes halogenated alkanes) is 42. The van der Waals surface area contributed by atoms with Gasteiger partial charge in [0.25, 0.3) is 0 Å². The molecule has 0 aromatic heterocycles. The number of hydrogen-bond donors (Lipinski definition) is 6. The fourth-order valence-electron chi connectivity index (χ4n) is 10.2. The summed E-state index contributed by atoms with van der Waals surface area (Å²) in [6.07, 6.45) is 57.8. The van der Waals surface area contributed by atoms with Gasteiger partial charge in [0, 0.05) is 6.42 Å². The topological polar surface area (TPSA) is 149 Å². The fourth-order valence-corrected chi connectivity index (χ4v) is 10.2. The highest BCUT2D eigenvalue weighted by Crippen LogP contribution is 2.23. The van der Waals surface area contributed by atoms with Crippen molar-refractivity contribution in [2.75, 3.05) is 13.2 Å². The molecule has 0 saturated carbocycles. The van der Waals surface area contributed by atoms with Crippen molar-refractivity contribution < 1.29 is 39.8 Å². The van der Waals surface area contributed by atoms with E-state index >= 15 is 0 Å². The van der Waals surface area contributed by atoms with Gasteiger partial charge in [0.05, 0.1) is 25.4 Å². The van der Waals surface area contributed by atoms with Crippen LogP contribution in [0.3, 0.4) is 0 Å². The van der Waals surface area contributed by atoms with E-state index in [9.17, 15) is 30.3 Å². The molecule has 1 rings (SSSR count). The maximum Gasteiger partial charge on any atom is 0.220 e. The van der Waals surface area contributed by atoms with Crippen LogP contribution in [-0.2, 0) is 14.3 Å². The zero-order chi connectivity index (χ0) is 50.8. The van der Waals surface area contributed by atoms with Crippen LogP contribution in [0, 0.1) is 0 Å². The molecule has 0 spiro atoms. The molecule has 70 heavy (non-hydrogen) atoms. The molecule has 0 aromatic carbocycles. The van der Waals surface area contributed by atoms with Crippen molar-refractivity contribution in [1.29, 1.82) is 0 Å². The Labute approximate surface area is 433 Å². The van der Waals surface area contributed by atoms with Gasteiger partial charge in [-0.3, -0.25) is 4.79 Å². The molecule has 0 aromatic rings. The lowest BCUT2D eigenvalue weighted by Gasteiger charge is -2.40. The molecule has 416 valence electrons. The van der Waals surface area contributed by atoms with Crippen molar-refractivity contribution in [3.63, 3.8) is 0 Å². The molecule has 0 bridgehead atoms. The van der Waals surface area contributed by atoms with Crippen LogP contribution in [-0.4, -0.2) is 87.5 Å². The summed E-state index contributed by atoms with van der Waals surface area (Å²) in [4.78, 5) is 12.9. The first-order chi connectivity index (χ1) is 34.3. The Morgan fingerprint density at radius 2 is 0.800 bits per heavy atom. The van der Waals surface area contributed by atoms with Gasteiger partial charge in [-0.15, -0.1) is 0 Å². The van der Waals surface area contributed by atoms with Gasteiger partial charge in [-0.25, -0.2) is 0 Å². The van der Waals surface area contributed by atoms with E-state index in [4.69, 9.17) is 9.47 Å². The molecule has 1 aliphatic rings. The van der Waals surface area contributed by atoms with Crippen LogP contribution in [0.15, 0.2) is 12.2 Å². The van der Waals surface area contributed by atoms with Crippen molar-refractivity contribution in [3.8, 4) is 0 Å². The first-order valence-corrected chi connectivity index (χ1v) is 30.9. The van der Waals surface area contributed by atoms with E-state index in [1.54, 1.807) is 0 Å². The molecular formula is C61H119NO8. The molecule has 9 nitrogen and oxygen atoms in total. The molecule has 1 amide bonds. The van der Waals surface area contributed by atoms with Crippen molar-refractivity contribution >= 4 is 5.91 Å². The molecule has 1 saturated heterocycles. The van der Waals surface area contributed by atoms with Crippen LogP contribution in [0.5, 0.6) is 0 Å². The second-order valence-electron chi connectivity index (χ2n) is 21.9. The van der Waals surface area contributed by atoms with E-state index in [1.807, 2.05) is 0 Å². The van der Waals surface area contributed by atoms with E-state index in [1.165, 1.54) is 250 Å². The van der Waals surface area contributed by atoms with Gasteiger partial charge in [0.2, 0.25) is 5.91 Å². The van der Waals surface area contributed by atoms with Crippen molar-refractivity contribution in [2.45, 2.75) is 358 Å². The predicted molar refractivity (Wildman–Crippen MR) is 295 cm³/mol. The number of aliphatic hydroxyl groups is 5. The van der Waals surface area contributed by atoms with Crippen LogP contribution < -0.4 is 5.32 Å². The van der Waals surface area contributed by atoms with Crippen molar-refractivity contribution in [2.24, 2.45) is 0 Å². The lowest BCUT2D eigenvalue weighted by molar-refractivity contribution is -0.302. The summed E-state index contributed by atoms with van der Waals surface area (Å²) < 4.78 is 11.2. The number of carbonyl (C=O) groups excluding carboxylic acids is 1. The summed E-state index contributed by atoms with van der Waals surface area (Å²) in [6.45, 7) is 3.79. The van der Waals surface area contributed by atoms with Crippen molar-refractivity contribution in [1.82, 2.24) is 5.32 Å². The molecule has 0 aliphatic carbocycles. The third kappa shape index (κ3) is 40.3. The number of nitrogens with one attached hydrogen (secondary N) is 1. The third-order valence-corrected chi connectivity index (χ3v) is 15.1. The number of allylic oxidation sites excluding steroid dienone is 2. The number of ether oxygens (including phenoxy) is 2. The summed E-state index contributed by atoms with van der Waals surface area (Å²) in [6, 6.07) is -0.711. The Hall–Kier alpha value is -1.07. The van der Waals surface area contributed by atoms with Gasteiger partial charge in [-0.2, -0.15) is 0 Å². The average Bonchev–Trinajstić information content (AvgIpc) is 3.36. The lowest BCUT2D eigenvalue weighted by atomic mass is 9.99. The maximum absolute atomic E-state index is 12.9. The minimum atomic E-state index is -1.55. The van der Waals surface area contributed by atoms with Crippen LogP contribution in [0.2, 0.25) is 0 Å². The van der Waals surface area contributed by atoms with Crippen LogP contribution >= 0.6 is 0 Å². The normalized spacial score (nSPS) is 19.3. The van der Waals surface area contributed by atoms with Crippen LogP contribution in [0.4, 0.5) is 0 Å². The first kappa shape index (κ1) is 66.9. The highest BCUT2D eigenvalue weighted by Gasteiger charge is 2.44. The Bertz CT molecular complexity index is 1110. The van der Waals surface area contributed by atoms with Gasteiger partial charge >= 0.3 is 0 Å². The largest absolute Gasteiger partial charge is 0.394 e. The number of aliphatic hydroxyl groups excluding tert-OH is 5. The van der Waals surface area contributed by atoms with E-state index < -0.39 is 49.5 Å². The van der Waals surface area contributed by atoms with Gasteiger partial charge in [-0.05, 0) is 38.5 Å². The fraction of sp³-hybridized carbons (Fsp3) is 0.951. The third-order valence-electron chi connectivity index (χ3n) is 15.1. The number of hydrogen-bond acceptors (Lipinski definition) is 8. The minimum Gasteiger partial charge on any atom is -0.394 e. The summed E-state index contributed by atoms with van der Waals surface area (Å²) in [5.41, 5.74) is 0. The average molecular weight is 995 g/mol. The monoisotopic (exact) mass is 994 g/mol. The zero-order valence-electron chi connectivity index (χ0n) is 46.3. The molecule has 1 heterocycles. The molecule has 1 fully saturated rings. The number of carbonyl (C=O) groups is 1.